The van der Waals surface area contributed by atoms with Gasteiger partial charge in [-0.1, -0.05) is 0 Å². The summed E-state index contributed by atoms with van der Waals surface area (Å²) < 4.78 is 24.2. The number of hydrogen-bond acceptors (Lipinski definition) is 5. The fourth-order valence-electron chi connectivity index (χ4n) is 0.645. The highest BCUT2D eigenvalue weighted by molar-refractivity contribution is 7.89. The van der Waals surface area contributed by atoms with Crippen molar-refractivity contribution in [2.24, 2.45) is 0 Å². The minimum atomic E-state index is -3.45. The van der Waals surface area contributed by atoms with Gasteiger partial charge in [0.2, 0.25) is 10.0 Å². The van der Waals surface area contributed by atoms with Crippen LogP contribution in [0.4, 0.5) is 0 Å². The number of nitriles is 1. The SMILES string of the molecule is N#CCS(=O)(=O)NCc1cscn1. The highest BCUT2D eigenvalue weighted by Gasteiger charge is 2.08. The Kier molecular flexibility index (Phi) is 3.36. The Labute approximate surface area is 80.1 Å². The van der Waals surface area contributed by atoms with E-state index in [0.29, 0.717) is 5.69 Å². The quantitative estimate of drug-likeness (QED) is 0.774. The zero-order valence-electron chi connectivity index (χ0n) is 6.60. The molecule has 0 saturated carbocycles. The standard InChI is InChI=1S/C6H7N3O2S2/c7-1-2-13(10,11)9-3-6-4-12-5-8-6/h4-5,9H,2-3H2. The molecular formula is C6H7N3O2S2. The van der Waals surface area contributed by atoms with Crippen LogP contribution in [0.15, 0.2) is 10.9 Å². The molecule has 0 aromatic carbocycles. The Bertz CT molecular complexity index is 390. The van der Waals surface area contributed by atoms with Crippen LogP contribution in [0.5, 0.6) is 0 Å². The van der Waals surface area contributed by atoms with E-state index in [1.54, 1.807) is 17.0 Å². The van der Waals surface area contributed by atoms with E-state index < -0.39 is 15.8 Å². The molecule has 0 amide bonds. The molecule has 0 aliphatic heterocycles. The Morgan fingerprint density at radius 2 is 2.46 bits per heavy atom. The molecule has 0 radical (unpaired) electrons. The van der Waals surface area contributed by atoms with E-state index in [-0.39, 0.29) is 6.54 Å². The third-order valence-corrected chi connectivity index (χ3v) is 2.94. The number of hydrogen-bond donors (Lipinski definition) is 1. The van der Waals surface area contributed by atoms with Gasteiger partial charge in [0, 0.05) is 5.38 Å². The Morgan fingerprint density at radius 3 is 3.00 bits per heavy atom. The van der Waals surface area contributed by atoms with Gasteiger partial charge in [-0.2, -0.15) is 5.26 Å². The van der Waals surface area contributed by atoms with Crippen molar-refractivity contribution < 1.29 is 8.42 Å². The van der Waals surface area contributed by atoms with E-state index in [4.69, 9.17) is 5.26 Å². The van der Waals surface area contributed by atoms with Gasteiger partial charge in [0.15, 0.2) is 5.75 Å². The summed E-state index contributed by atoms with van der Waals surface area (Å²) in [4.78, 5) is 3.89. The number of sulfonamides is 1. The van der Waals surface area contributed by atoms with Gasteiger partial charge in [-0.3, -0.25) is 0 Å². The van der Waals surface area contributed by atoms with Crippen molar-refractivity contribution in [3.05, 3.63) is 16.6 Å². The maximum atomic E-state index is 11.0. The number of thiazole rings is 1. The number of rotatable bonds is 4. The van der Waals surface area contributed by atoms with Gasteiger partial charge in [-0.15, -0.1) is 11.3 Å². The van der Waals surface area contributed by atoms with Crippen LogP contribution >= 0.6 is 11.3 Å². The van der Waals surface area contributed by atoms with Gasteiger partial charge in [0.25, 0.3) is 0 Å². The Balaban J connectivity index is 2.49. The number of aromatic nitrogens is 1. The molecule has 5 nitrogen and oxygen atoms in total. The van der Waals surface area contributed by atoms with Crippen LogP contribution < -0.4 is 4.72 Å². The van der Waals surface area contributed by atoms with Crippen molar-refractivity contribution in [3.8, 4) is 6.07 Å². The molecule has 1 aromatic rings. The lowest BCUT2D eigenvalue weighted by atomic mass is 10.5. The first-order valence-electron chi connectivity index (χ1n) is 3.35. The molecule has 13 heavy (non-hydrogen) atoms. The van der Waals surface area contributed by atoms with Gasteiger partial charge in [0.05, 0.1) is 23.8 Å². The molecule has 0 bridgehead atoms. The van der Waals surface area contributed by atoms with E-state index >= 15 is 0 Å². The molecule has 1 N–H and O–H groups in total. The molecule has 0 fully saturated rings. The maximum absolute atomic E-state index is 11.0. The summed E-state index contributed by atoms with van der Waals surface area (Å²) >= 11 is 1.39. The fourth-order valence-corrected chi connectivity index (χ4v) is 1.84. The fraction of sp³-hybridized carbons (Fsp3) is 0.333. The summed E-state index contributed by atoms with van der Waals surface area (Å²) in [5, 5.41) is 9.92. The summed E-state index contributed by atoms with van der Waals surface area (Å²) in [6.07, 6.45) is 0. The summed E-state index contributed by atoms with van der Waals surface area (Å²) in [6.45, 7) is 0.146. The second-order valence-corrected chi connectivity index (χ2v) is 4.74. The smallest absolute Gasteiger partial charge is 0.225 e. The van der Waals surface area contributed by atoms with Gasteiger partial charge < -0.3 is 0 Å². The average molecular weight is 217 g/mol. The first-order valence-corrected chi connectivity index (χ1v) is 5.95. The minimum absolute atomic E-state index is 0.146. The number of nitrogens with one attached hydrogen (secondary N) is 1. The van der Waals surface area contributed by atoms with E-state index in [2.05, 4.69) is 9.71 Å². The van der Waals surface area contributed by atoms with E-state index in [9.17, 15) is 8.42 Å². The highest BCUT2D eigenvalue weighted by Crippen LogP contribution is 2.00. The molecule has 1 heterocycles. The van der Waals surface area contributed by atoms with Gasteiger partial charge in [0.1, 0.15) is 0 Å². The van der Waals surface area contributed by atoms with Crippen molar-refractivity contribution in [2.75, 3.05) is 5.75 Å². The lowest BCUT2D eigenvalue weighted by molar-refractivity contribution is 0.584. The van der Waals surface area contributed by atoms with Crippen LogP contribution in [-0.4, -0.2) is 19.2 Å². The number of nitrogens with zero attached hydrogens (tertiary/aromatic N) is 2. The lowest BCUT2D eigenvalue weighted by Gasteiger charge is -1.99. The normalized spacial score (nSPS) is 11.0. The molecule has 1 rings (SSSR count). The zero-order valence-corrected chi connectivity index (χ0v) is 8.23. The van der Waals surface area contributed by atoms with E-state index in [1.807, 2.05) is 0 Å². The van der Waals surface area contributed by atoms with Crippen LogP contribution in [-0.2, 0) is 16.6 Å². The highest BCUT2D eigenvalue weighted by atomic mass is 32.2. The van der Waals surface area contributed by atoms with Crippen LogP contribution in [0.1, 0.15) is 5.69 Å². The largest absolute Gasteiger partial charge is 0.248 e. The van der Waals surface area contributed by atoms with Gasteiger partial charge >= 0.3 is 0 Å². The van der Waals surface area contributed by atoms with Crippen LogP contribution in [0.2, 0.25) is 0 Å². The van der Waals surface area contributed by atoms with Gasteiger partial charge in [-0.05, 0) is 0 Å². The van der Waals surface area contributed by atoms with E-state index in [0.717, 1.165) is 0 Å². The molecule has 0 spiro atoms. The molecule has 0 saturated heterocycles. The third kappa shape index (κ3) is 3.50. The second kappa shape index (κ2) is 4.32. The summed E-state index contributed by atoms with van der Waals surface area (Å²) in [5.74, 6) is -0.517. The molecule has 70 valence electrons. The topological polar surface area (TPSA) is 82.8 Å². The maximum Gasteiger partial charge on any atom is 0.225 e. The lowest BCUT2D eigenvalue weighted by Crippen LogP contribution is -2.25. The molecule has 7 heteroatoms. The monoisotopic (exact) mass is 217 g/mol. The molecule has 0 aliphatic rings. The summed E-state index contributed by atoms with van der Waals surface area (Å²) in [6, 6.07) is 1.57. The van der Waals surface area contributed by atoms with Crippen LogP contribution in [0.3, 0.4) is 0 Å². The van der Waals surface area contributed by atoms with Crippen molar-refractivity contribution in [3.63, 3.8) is 0 Å². The second-order valence-electron chi connectivity index (χ2n) is 2.22. The van der Waals surface area contributed by atoms with Gasteiger partial charge in [-0.25, -0.2) is 18.1 Å². The predicted molar refractivity (Wildman–Crippen MR) is 48.4 cm³/mol. The Morgan fingerprint density at radius 1 is 1.69 bits per heavy atom. The van der Waals surface area contributed by atoms with Crippen LogP contribution in [0.25, 0.3) is 0 Å². The average Bonchev–Trinajstić information content (AvgIpc) is 2.52. The zero-order chi connectivity index (χ0) is 9.73. The predicted octanol–water partition coefficient (Wildman–Crippen LogP) is 0.0861. The summed E-state index contributed by atoms with van der Waals surface area (Å²) in [7, 11) is -3.45. The van der Waals surface area contributed by atoms with Crippen molar-refractivity contribution >= 4 is 21.4 Å². The molecule has 0 aliphatic carbocycles. The van der Waals surface area contributed by atoms with Crippen LogP contribution in [0, 0.1) is 11.3 Å². The Hall–Kier alpha value is -0.970. The minimum Gasteiger partial charge on any atom is -0.248 e. The van der Waals surface area contributed by atoms with Crippen molar-refractivity contribution in [2.45, 2.75) is 6.54 Å². The third-order valence-electron chi connectivity index (χ3n) is 1.21. The molecule has 0 atom stereocenters. The first-order chi connectivity index (χ1) is 6.14. The summed E-state index contributed by atoms with van der Waals surface area (Å²) in [5.41, 5.74) is 2.28. The van der Waals surface area contributed by atoms with E-state index in [1.165, 1.54) is 11.3 Å². The van der Waals surface area contributed by atoms with Crippen molar-refractivity contribution in [1.29, 1.82) is 5.26 Å². The molecular weight excluding hydrogens is 210 g/mol. The van der Waals surface area contributed by atoms with Crippen molar-refractivity contribution in [1.82, 2.24) is 9.71 Å². The molecule has 0 unspecified atom stereocenters. The first kappa shape index (κ1) is 10.1. The molecule has 1 aromatic heterocycles.